The number of hydrogen-bond donors (Lipinski definition) is 0. The predicted molar refractivity (Wildman–Crippen MR) is 74.3 cm³/mol. The SMILES string of the molecule is C=CC(=O)N1CCN(CC2CC2C(C)(C)C)CC1. The molecule has 3 nitrogen and oxygen atoms in total. The van der Waals surface area contributed by atoms with Crippen LogP contribution in [-0.4, -0.2) is 48.4 Å². The van der Waals surface area contributed by atoms with Crippen molar-refractivity contribution in [2.45, 2.75) is 27.2 Å². The summed E-state index contributed by atoms with van der Waals surface area (Å²) >= 11 is 0. The summed E-state index contributed by atoms with van der Waals surface area (Å²) in [5.74, 6) is 1.85. The molecule has 0 bridgehead atoms. The minimum Gasteiger partial charge on any atom is -0.337 e. The van der Waals surface area contributed by atoms with Crippen LogP contribution >= 0.6 is 0 Å². The molecule has 1 saturated carbocycles. The second-order valence-corrected chi connectivity index (χ2v) is 6.80. The highest BCUT2D eigenvalue weighted by molar-refractivity contribution is 5.87. The molecule has 2 aliphatic rings. The van der Waals surface area contributed by atoms with Gasteiger partial charge < -0.3 is 4.90 Å². The Kier molecular flexibility index (Phi) is 3.81. The summed E-state index contributed by atoms with van der Waals surface area (Å²) in [5.41, 5.74) is 0.464. The van der Waals surface area contributed by atoms with Crippen LogP contribution in [0.25, 0.3) is 0 Å². The van der Waals surface area contributed by atoms with E-state index in [9.17, 15) is 4.79 Å². The van der Waals surface area contributed by atoms with Gasteiger partial charge in [0.25, 0.3) is 0 Å². The van der Waals surface area contributed by atoms with Crippen LogP contribution in [-0.2, 0) is 4.79 Å². The van der Waals surface area contributed by atoms with Crippen LogP contribution < -0.4 is 0 Å². The highest BCUT2D eigenvalue weighted by atomic mass is 16.2. The van der Waals surface area contributed by atoms with Gasteiger partial charge >= 0.3 is 0 Å². The lowest BCUT2D eigenvalue weighted by molar-refractivity contribution is -0.127. The fraction of sp³-hybridized carbons (Fsp3) is 0.800. The molecule has 1 aliphatic carbocycles. The van der Waals surface area contributed by atoms with E-state index in [0.717, 1.165) is 38.0 Å². The topological polar surface area (TPSA) is 23.6 Å². The molecule has 1 saturated heterocycles. The summed E-state index contributed by atoms with van der Waals surface area (Å²) in [5, 5.41) is 0. The van der Waals surface area contributed by atoms with Gasteiger partial charge in [-0.2, -0.15) is 0 Å². The van der Waals surface area contributed by atoms with E-state index in [2.05, 4.69) is 32.3 Å². The molecule has 102 valence electrons. The average molecular weight is 250 g/mol. The molecule has 0 N–H and O–H groups in total. The maximum absolute atomic E-state index is 11.5. The molecule has 2 rings (SSSR count). The molecule has 0 spiro atoms. The summed E-state index contributed by atoms with van der Waals surface area (Å²) in [6.07, 6.45) is 2.81. The summed E-state index contributed by atoms with van der Waals surface area (Å²) in [7, 11) is 0. The van der Waals surface area contributed by atoms with Crippen LogP contribution in [0.5, 0.6) is 0 Å². The molecule has 18 heavy (non-hydrogen) atoms. The van der Waals surface area contributed by atoms with Crippen molar-refractivity contribution < 1.29 is 4.79 Å². The number of piperazine rings is 1. The van der Waals surface area contributed by atoms with Gasteiger partial charge in [0.2, 0.25) is 5.91 Å². The molecule has 0 aromatic rings. The van der Waals surface area contributed by atoms with Crippen molar-refractivity contribution in [3.05, 3.63) is 12.7 Å². The number of carbonyl (C=O) groups is 1. The molecule has 1 heterocycles. The average Bonchev–Trinajstić information content (AvgIpc) is 3.08. The van der Waals surface area contributed by atoms with Gasteiger partial charge in [0.05, 0.1) is 0 Å². The summed E-state index contributed by atoms with van der Waals surface area (Å²) in [6, 6.07) is 0. The standard InChI is InChI=1S/C15H26N2O/c1-5-14(18)17-8-6-16(7-9-17)11-12-10-13(12)15(2,3)4/h5,12-13H,1,6-11H2,2-4H3. The summed E-state index contributed by atoms with van der Waals surface area (Å²) in [4.78, 5) is 15.9. The van der Waals surface area contributed by atoms with Crippen LogP contribution in [0, 0.1) is 17.3 Å². The first kappa shape index (κ1) is 13.6. The second kappa shape index (κ2) is 5.04. The van der Waals surface area contributed by atoms with Crippen LogP contribution in [0.4, 0.5) is 0 Å². The molecule has 1 aliphatic heterocycles. The fourth-order valence-corrected chi connectivity index (χ4v) is 3.12. The number of hydrogen-bond acceptors (Lipinski definition) is 2. The Morgan fingerprint density at radius 2 is 1.89 bits per heavy atom. The first-order chi connectivity index (χ1) is 8.41. The number of amides is 1. The zero-order valence-electron chi connectivity index (χ0n) is 12.0. The van der Waals surface area contributed by atoms with Crippen molar-refractivity contribution >= 4 is 5.91 Å². The number of rotatable bonds is 3. The zero-order valence-corrected chi connectivity index (χ0v) is 12.0. The van der Waals surface area contributed by atoms with Crippen molar-refractivity contribution in [1.82, 2.24) is 9.80 Å². The van der Waals surface area contributed by atoms with Gasteiger partial charge in [-0.1, -0.05) is 27.4 Å². The molecular weight excluding hydrogens is 224 g/mol. The smallest absolute Gasteiger partial charge is 0.246 e. The maximum Gasteiger partial charge on any atom is 0.246 e. The Labute approximate surface area is 111 Å². The van der Waals surface area contributed by atoms with Crippen molar-refractivity contribution in [1.29, 1.82) is 0 Å². The summed E-state index contributed by atoms with van der Waals surface area (Å²) < 4.78 is 0. The van der Waals surface area contributed by atoms with E-state index in [1.54, 1.807) is 0 Å². The van der Waals surface area contributed by atoms with E-state index in [4.69, 9.17) is 0 Å². The van der Waals surface area contributed by atoms with Gasteiger partial charge in [0, 0.05) is 32.7 Å². The molecule has 0 radical (unpaired) electrons. The third kappa shape index (κ3) is 3.14. The van der Waals surface area contributed by atoms with E-state index in [-0.39, 0.29) is 5.91 Å². The summed E-state index contributed by atoms with van der Waals surface area (Å²) in [6.45, 7) is 15.6. The van der Waals surface area contributed by atoms with Crippen molar-refractivity contribution in [2.75, 3.05) is 32.7 Å². The lowest BCUT2D eigenvalue weighted by Gasteiger charge is -2.34. The molecule has 2 fully saturated rings. The van der Waals surface area contributed by atoms with Crippen molar-refractivity contribution in [3.8, 4) is 0 Å². The van der Waals surface area contributed by atoms with Gasteiger partial charge in [0.1, 0.15) is 0 Å². The number of carbonyl (C=O) groups excluding carboxylic acids is 1. The van der Waals surface area contributed by atoms with Gasteiger partial charge in [-0.25, -0.2) is 0 Å². The minimum atomic E-state index is 0.0774. The molecule has 2 atom stereocenters. The Hall–Kier alpha value is -0.830. The van der Waals surface area contributed by atoms with Crippen LogP contribution in [0.3, 0.4) is 0 Å². The number of nitrogens with zero attached hydrogens (tertiary/aromatic N) is 2. The molecule has 2 unspecified atom stereocenters. The first-order valence-electron chi connectivity index (χ1n) is 7.05. The molecular formula is C15H26N2O. The highest BCUT2D eigenvalue weighted by Crippen LogP contribution is 2.50. The molecule has 0 aromatic heterocycles. The zero-order chi connectivity index (χ0) is 13.3. The molecule has 1 amide bonds. The lowest BCUT2D eigenvalue weighted by Crippen LogP contribution is -2.48. The van der Waals surface area contributed by atoms with E-state index < -0.39 is 0 Å². The van der Waals surface area contributed by atoms with E-state index in [1.165, 1.54) is 19.0 Å². The molecule has 0 aromatic carbocycles. The Bertz CT molecular complexity index is 324. The van der Waals surface area contributed by atoms with Crippen molar-refractivity contribution in [3.63, 3.8) is 0 Å². The third-order valence-corrected chi connectivity index (χ3v) is 4.39. The van der Waals surface area contributed by atoms with E-state index in [0.29, 0.717) is 5.41 Å². The van der Waals surface area contributed by atoms with Gasteiger partial charge in [-0.3, -0.25) is 9.69 Å². The van der Waals surface area contributed by atoms with Gasteiger partial charge in [0.15, 0.2) is 0 Å². The van der Waals surface area contributed by atoms with E-state index in [1.807, 2.05) is 4.90 Å². The minimum absolute atomic E-state index is 0.0774. The van der Waals surface area contributed by atoms with Gasteiger partial charge in [-0.15, -0.1) is 0 Å². The van der Waals surface area contributed by atoms with Crippen LogP contribution in [0.15, 0.2) is 12.7 Å². The quantitative estimate of drug-likeness (QED) is 0.715. The van der Waals surface area contributed by atoms with Crippen molar-refractivity contribution in [2.24, 2.45) is 17.3 Å². The second-order valence-electron chi connectivity index (χ2n) is 6.80. The predicted octanol–water partition coefficient (Wildman–Crippen LogP) is 2.00. The van der Waals surface area contributed by atoms with Gasteiger partial charge in [-0.05, 0) is 29.7 Å². The van der Waals surface area contributed by atoms with E-state index >= 15 is 0 Å². The Morgan fingerprint density at radius 1 is 1.28 bits per heavy atom. The normalized spacial score (nSPS) is 29.2. The highest BCUT2D eigenvalue weighted by Gasteiger charge is 2.45. The Morgan fingerprint density at radius 3 is 2.33 bits per heavy atom. The fourth-order valence-electron chi connectivity index (χ4n) is 3.12. The largest absolute Gasteiger partial charge is 0.337 e. The molecule has 3 heteroatoms. The lowest BCUT2D eigenvalue weighted by atomic mass is 9.89. The first-order valence-corrected chi connectivity index (χ1v) is 7.05. The Balaban J connectivity index is 1.72. The van der Waals surface area contributed by atoms with Crippen LogP contribution in [0.1, 0.15) is 27.2 Å². The third-order valence-electron chi connectivity index (χ3n) is 4.39. The monoisotopic (exact) mass is 250 g/mol. The van der Waals surface area contributed by atoms with Crippen LogP contribution in [0.2, 0.25) is 0 Å². The maximum atomic E-state index is 11.5.